The highest BCUT2D eigenvalue weighted by Gasteiger charge is 2.13. The molecule has 4 rings (SSSR count). The fourth-order valence-corrected chi connectivity index (χ4v) is 3.43. The molecule has 0 atom stereocenters. The summed E-state index contributed by atoms with van der Waals surface area (Å²) >= 11 is 7.37. The Kier molecular flexibility index (Phi) is 5.54. The number of nitrogens with two attached hydrogens (primary N) is 1. The van der Waals surface area contributed by atoms with Crippen LogP contribution >= 0.6 is 23.4 Å². The molecule has 3 heterocycles. The van der Waals surface area contributed by atoms with Crippen molar-refractivity contribution >= 4 is 40.9 Å². The Hall–Kier alpha value is -3.24. The summed E-state index contributed by atoms with van der Waals surface area (Å²) < 4.78 is 1.91. The van der Waals surface area contributed by atoms with Crippen LogP contribution < -0.4 is 11.1 Å². The second kappa shape index (κ2) is 8.41. The molecule has 146 valence electrons. The minimum absolute atomic E-state index is 0.141. The number of hydrogen-bond acceptors (Lipinski definition) is 9. The normalized spacial score (nSPS) is 10.8. The quantitative estimate of drug-likeness (QED) is 0.448. The number of nitrogen functional groups attached to an aromatic ring is 1. The van der Waals surface area contributed by atoms with Crippen molar-refractivity contribution in [1.82, 2.24) is 34.7 Å². The van der Waals surface area contributed by atoms with E-state index < -0.39 is 0 Å². The summed E-state index contributed by atoms with van der Waals surface area (Å²) in [6.45, 7) is 0. The first kappa shape index (κ1) is 19.1. The van der Waals surface area contributed by atoms with Crippen LogP contribution in [0, 0.1) is 0 Å². The van der Waals surface area contributed by atoms with Crippen LogP contribution in [0.1, 0.15) is 5.82 Å². The Bertz CT molecular complexity index is 1120. The van der Waals surface area contributed by atoms with Gasteiger partial charge in [0, 0.05) is 35.7 Å². The minimum atomic E-state index is 0.141. The van der Waals surface area contributed by atoms with Crippen molar-refractivity contribution in [2.45, 2.75) is 10.9 Å². The number of hydrogen-bond donors (Lipinski definition) is 2. The van der Waals surface area contributed by atoms with Crippen LogP contribution in [0.4, 0.5) is 17.6 Å². The molecular formula is C18H16ClN9S. The molecule has 1 aromatic carbocycles. The number of nitrogens with one attached hydrogen (secondary N) is 1. The number of aromatic nitrogens is 7. The average molecular weight is 426 g/mol. The first-order chi connectivity index (χ1) is 14.1. The third-order valence-corrected chi connectivity index (χ3v) is 5.17. The molecule has 0 aliphatic rings. The number of anilines is 3. The number of nitrogens with zero attached hydrogens (tertiary/aromatic N) is 7. The summed E-state index contributed by atoms with van der Waals surface area (Å²) in [5, 5.41) is 13.0. The number of rotatable bonds is 6. The Morgan fingerprint density at radius 2 is 1.79 bits per heavy atom. The van der Waals surface area contributed by atoms with Gasteiger partial charge in [0.05, 0.1) is 5.75 Å². The van der Waals surface area contributed by atoms with Gasteiger partial charge in [-0.3, -0.25) is 4.98 Å². The van der Waals surface area contributed by atoms with Crippen LogP contribution in [0.25, 0.3) is 11.4 Å². The Morgan fingerprint density at radius 3 is 2.55 bits per heavy atom. The van der Waals surface area contributed by atoms with Crippen LogP contribution in [-0.4, -0.2) is 34.7 Å². The summed E-state index contributed by atoms with van der Waals surface area (Å²) in [6.07, 6.45) is 3.44. The Morgan fingerprint density at radius 1 is 1.03 bits per heavy atom. The van der Waals surface area contributed by atoms with Crippen molar-refractivity contribution in [2.24, 2.45) is 7.05 Å². The predicted octanol–water partition coefficient (Wildman–Crippen LogP) is 3.33. The molecule has 3 aromatic heterocycles. The van der Waals surface area contributed by atoms with Gasteiger partial charge in [0.25, 0.3) is 0 Å². The zero-order valence-corrected chi connectivity index (χ0v) is 16.9. The molecule has 0 spiro atoms. The summed E-state index contributed by atoms with van der Waals surface area (Å²) in [4.78, 5) is 16.8. The molecule has 3 N–H and O–H groups in total. The van der Waals surface area contributed by atoms with Crippen LogP contribution in [0.2, 0.25) is 5.02 Å². The van der Waals surface area contributed by atoms with Crippen molar-refractivity contribution in [2.75, 3.05) is 11.1 Å². The maximum Gasteiger partial charge on any atom is 0.232 e. The molecule has 11 heteroatoms. The average Bonchev–Trinajstić information content (AvgIpc) is 3.09. The lowest BCUT2D eigenvalue weighted by atomic mass is 10.2. The smallest absolute Gasteiger partial charge is 0.232 e. The van der Waals surface area contributed by atoms with Crippen molar-refractivity contribution < 1.29 is 0 Å². The molecule has 0 bridgehead atoms. The molecule has 0 fully saturated rings. The third-order valence-electron chi connectivity index (χ3n) is 3.90. The van der Waals surface area contributed by atoms with E-state index in [1.54, 1.807) is 24.5 Å². The third kappa shape index (κ3) is 4.61. The summed E-state index contributed by atoms with van der Waals surface area (Å²) in [5.41, 5.74) is 7.59. The van der Waals surface area contributed by atoms with Gasteiger partial charge in [-0.15, -0.1) is 10.2 Å². The van der Waals surface area contributed by atoms with Crippen LogP contribution in [-0.2, 0) is 12.8 Å². The predicted molar refractivity (Wildman–Crippen MR) is 113 cm³/mol. The maximum absolute atomic E-state index is 5.91. The minimum Gasteiger partial charge on any atom is -0.368 e. The fraction of sp³-hybridized carbons (Fsp3) is 0.111. The largest absolute Gasteiger partial charge is 0.368 e. The second-order valence-corrected chi connectivity index (χ2v) is 7.33. The highest BCUT2D eigenvalue weighted by atomic mass is 35.5. The zero-order chi connectivity index (χ0) is 20.2. The highest BCUT2D eigenvalue weighted by Crippen LogP contribution is 2.25. The van der Waals surface area contributed by atoms with E-state index in [0.29, 0.717) is 22.5 Å². The lowest BCUT2D eigenvalue weighted by Crippen LogP contribution is -2.06. The molecule has 0 unspecified atom stereocenters. The molecule has 0 aliphatic heterocycles. The van der Waals surface area contributed by atoms with Gasteiger partial charge in [0.15, 0.2) is 11.0 Å². The van der Waals surface area contributed by atoms with E-state index in [4.69, 9.17) is 17.3 Å². The van der Waals surface area contributed by atoms with Gasteiger partial charge >= 0.3 is 0 Å². The summed E-state index contributed by atoms with van der Waals surface area (Å²) in [5.74, 6) is 2.26. The molecule has 4 aromatic rings. The number of pyridine rings is 1. The zero-order valence-electron chi connectivity index (χ0n) is 15.3. The lowest BCUT2D eigenvalue weighted by Gasteiger charge is -2.07. The SMILES string of the molecule is Cn1c(SCc2nc(N)nc(Nc3ccc(Cl)cc3)n2)nnc1-c1ccncc1. The summed E-state index contributed by atoms with van der Waals surface area (Å²) in [6, 6.07) is 11.0. The van der Waals surface area contributed by atoms with Gasteiger partial charge in [-0.1, -0.05) is 23.4 Å². The standard InChI is InChI=1S/C18H16ClN9S/c1-28-15(11-6-8-21-9-7-11)26-27-18(28)29-10-14-23-16(20)25-17(24-14)22-13-4-2-12(19)3-5-13/h2-9H,10H2,1H3,(H3,20,22,23,24,25). The van der Waals surface area contributed by atoms with Crippen LogP contribution in [0.15, 0.2) is 53.9 Å². The van der Waals surface area contributed by atoms with Crippen LogP contribution in [0.3, 0.4) is 0 Å². The molecule has 0 aliphatic carbocycles. The maximum atomic E-state index is 5.91. The number of benzene rings is 1. The summed E-state index contributed by atoms with van der Waals surface area (Å²) in [7, 11) is 1.91. The Balaban J connectivity index is 1.48. The molecule has 0 saturated carbocycles. The molecule has 0 radical (unpaired) electrons. The lowest BCUT2D eigenvalue weighted by molar-refractivity contribution is 0.792. The molecular weight excluding hydrogens is 410 g/mol. The monoisotopic (exact) mass is 425 g/mol. The van der Waals surface area contributed by atoms with E-state index in [9.17, 15) is 0 Å². The van der Waals surface area contributed by atoms with Gasteiger partial charge < -0.3 is 15.6 Å². The van der Waals surface area contributed by atoms with Crippen molar-refractivity contribution in [3.05, 3.63) is 59.6 Å². The topological polar surface area (TPSA) is 120 Å². The van der Waals surface area contributed by atoms with Gasteiger partial charge in [0.2, 0.25) is 11.9 Å². The molecule has 0 saturated heterocycles. The van der Waals surface area contributed by atoms with Crippen LogP contribution in [0.5, 0.6) is 0 Å². The first-order valence-electron chi connectivity index (χ1n) is 8.54. The first-order valence-corrected chi connectivity index (χ1v) is 9.90. The van der Waals surface area contributed by atoms with Crippen molar-refractivity contribution in [1.29, 1.82) is 0 Å². The Labute approximate surface area is 175 Å². The van der Waals surface area contributed by atoms with E-state index >= 15 is 0 Å². The number of thioether (sulfide) groups is 1. The fourth-order valence-electron chi connectivity index (χ4n) is 2.54. The molecule has 29 heavy (non-hydrogen) atoms. The van der Waals surface area contributed by atoms with E-state index in [0.717, 1.165) is 22.2 Å². The molecule has 0 amide bonds. The molecule has 9 nitrogen and oxygen atoms in total. The van der Waals surface area contributed by atoms with E-state index in [-0.39, 0.29) is 5.95 Å². The van der Waals surface area contributed by atoms with Gasteiger partial charge in [-0.25, -0.2) is 0 Å². The van der Waals surface area contributed by atoms with E-state index in [1.165, 1.54) is 11.8 Å². The van der Waals surface area contributed by atoms with Gasteiger partial charge in [-0.05, 0) is 36.4 Å². The van der Waals surface area contributed by atoms with Gasteiger partial charge in [-0.2, -0.15) is 15.0 Å². The number of halogens is 1. The van der Waals surface area contributed by atoms with E-state index in [2.05, 4.69) is 35.5 Å². The second-order valence-electron chi connectivity index (χ2n) is 5.96. The highest BCUT2D eigenvalue weighted by molar-refractivity contribution is 7.98. The van der Waals surface area contributed by atoms with Gasteiger partial charge in [0.1, 0.15) is 5.82 Å². The van der Waals surface area contributed by atoms with E-state index in [1.807, 2.05) is 35.9 Å². The van der Waals surface area contributed by atoms with Crippen molar-refractivity contribution in [3.63, 3.8) is 0 Å². The van der Waals surface area contributed by atoms with Crippen molar-refractivity contribution in [3.8, 4) is 11.4 Å².